The highest BCUT2D eigenvalue weighted by atomic mass is 32.1. The van der Waals surface area contributed by atoms with Crippen LogP contribution in [0.3, 0.4) is 0 Å². The second-order valence-electron chi connectivity index (χ2n) is 16.4. The summed E-state index contributed by atoms with van der Waals surface area (Å²) in [7, 11) is 1.66. The molecule has 0 aliphatic heterocycles. The first kappa shape index (κ1) is 41.8. The van der Waals surface area contributed by atoms with Crippen molar-refractivity contribution in [2.45, 2.75) is 110 Å². The molecule has 1 spiro atoms. The molecule has 3 bridgehead atoms. The maximum absolute atomic E-state index is 15.0. The van der Waals surface area contributed by atoms with Crippen molar-refractivity contribution in [2.75, 3.05) is 25.5 Å². The predicted octanol–water partition coefficient (Wildman–Crippen LogP) is 7.16. The van der Waals surface area contributed by atoms with Gasteiger partial charge in [-0.05, 0) is 117 Å². The number of fused-ring (bicyclic) bond motifs is 3. The van der Waals surface area contributed by atoms with Gasteiger partial charge < -0.3 is 36.8 Å². The fourth-order valence-electron chi connectivity index (χ4n) is 10.1. The third-order valence-electron chi connectivity index (χ3n) is 12.6. The second kappa shape index (κ2) is 18.2. The number of hydrogen-bond donors (Lipinski definition) is 7. The van der Waals surface area contributed by atoms with Crippen LogP contribution in [-0.2, 0) is 6.42 Å². The maximum atomic E-state index is 15.0. The molecule has 11 heteroatoms. The van der Waals surface area contributed by atoms with Crippen molar-refractivity contribution >= 4 is 40.1 Å². The van der Waals surface area contributed by atoms with Gasteiger partial charge in [0.15, 0.2) is 11.7 Å². The van der Waals surface area contributed by atoms with Gasteiger partial charge in [-0.1, -0.05) is 43.9 Å². The number of nitrogens with one attached hydrogen (secondary N) is 2. The standard InChI is InChI=1S/C45H58N4O5S2/c1-5-7-8-18-44-19-9-11-33-30(20-31(52)22-37(33)48-25-28(3)51)21-36(49-43(46)47-4)29-12-14-34(45(23-29,27-44)24-35(44)38(53)26-50)42(54)41-17-16-40(56-41)39-15-13-32(55-39)10-6-2/h13,15-17,20,22,28-29,34-36,38,48,50-53H,5,7-8,12,14,18-19,21,23-27H2,1-4H3,(H3,46,47,49)/t28-,29-,34+,35-,36-,38+,44+,45-/m0/s1. The highest BCUT2D eigenvalue weighted by Crippen LogP contribution is 2.66. The molecule has 9 nitrogen and oxygen atoms in total. The number of unbranched alkanes of at least 4 members (excludes halogenated alkanes) is 2. The Labute approximate surface area is 340 Å². The number of aliphatic hydroxyl groups is 3. The van der Waals surface area contributed by atoms with Gasteiger partial charge in [-0.25, -0.2) is 0 Å². The molecule has 56 heavy (non-hydrogen) atoms. The van der Waals surface area contributed by atoms with Crippen LogP contribution in [0.5, 0.6) is 5.75 Å². The number of Topliss-reactive ketones (excluding diaryl/α,β-unsaturated/α-hetero) is 1. The lowest BCUT2D eigenvalue weighted by atomic mass is 9.57. The molecule has 3 aromatic rings. The van der Waals surface area contributed by atoms with E-state index in [1.54, 1.807) is 48.8 Å². The molecule has 6 rings (SSSR count). The van der Waals surface area contributed by atoms with Gasteiger partial charge in [-0.15, -0.1) is 28.6 Å². The molecule has 1 aromatic carbocycles. The minimum absolute atomic E-state index is 0.0808. The fraction of sp³-hybridized carbons (Fsp3) is 0.556. The van der Waals surface area contributed by atoms with Gasteiger partial charge in [0, 0.05) is 47.8 Å². The van der Waals surface area contributed by atoms with E-state index in [9.17, 15) is 20.4 Å². The first-order valence-electron chi connectivity index (χ1n) is 20.2. The molecule has 3 aliphatic rings. The summed E-state index contributed by atoms with van der Waals surface area (Å²) in [5, 5.41) is 50.3. The number of aliphatic imine (C=N–C) groups is 1. The number of hydrogen-bond acceptors (Lipinski definition) is 9. The number of anilines is 1. The van der Waals surface area contributed by atoms with E-state index in [-0.39, 0.29) is 48.5 Å². The summed E-state index contributed by atoms with van der Waals surface area (Å²) in [5.74, 6) is 13.3. The molecule has 2 fully saturated rings. The number of nitrogens with two attached hydrogens (primary N) is 1. The Kier molecular flexibility index (Phi) is 13.6. The molecule has 300 valence electrons. The van der Waals surface area contributed by atoms with Gasteiger partial charge in [0.2, 0.25) is 0 Å². The minimum Gasteiger partial charge on any atom is -0.508 e. The maximum Gasteiger partial charge on any atom is 0.188 e. The first-order valence-corrected chi connectivity index (χ1v) is 21.8. The Hall–Kier alpha value is -3.84. The minimum atomic E-state index is -0.948. The number of guanidine groups is 1. The van der Waals surface area contributed by atoms with Crippen LogP contribution in [-0.4, -0.2) is 70.6 Å². The number of benzene rings is 1. The van der Waals surface area contributed by atoms with Crippen molar-refractivity contribution in [2.24, 2.45) is 39.3 Å². The monoisotopic (exact) mass is 798 g/mol. The zero-order valence-electron chi connectivity index (χ0n) is 33.2. The zero-order chi connectivity index (χ0) is 40.0. The number of thiophene rings is 2. The quantitative estimate of drug-likeness (QED) is 0.0316. The third kappa shape index (κ3) is 8.98. The van der Waals surface area contributed by atoms with E-state index in [4.69, 9.17) is 5.73 Å². The number of aliphatic hydroxyl groups excluding tert-OH is 3. The SMILES string of the molecule is CC#Cc1ccc(-c2ccc(C(=O)[C@H]3CC[C@H]4C[C@@]35C[C@@H]([C@H](O)CO)[C@](CCCCC)(CC#Cc3c(cc(O)cc3NC[C@H](C)O)C[C@@H]4NC(N)=NC)C5)s2)s1. The van der Waals surface area contributed by atoms with E-state index in [1.165, 1.54) is 0 Å². The summed E-state index contributed by atoms with van der Waals surface area (Å²) in [6.07, 6.45) is 6.87. The normalized spacial score (nSPS) is 26.9. The highest BCUT2D eigenvalue weighted by molar-refractivity contribution is 7.23. The van der Waals surface area contributed by atoms with Crippen LogP contribution in [0, 0.1) is 52.3 Å². The lowest BCUT2D eigenvalue weighted by Gasteiger charge is -2.47. The average molecular weight is 799 g/mol. The van der Waals surface area contributed by atoms with E-state index in [1.807, 2.05) is 19.1 Å². The summed E-state index contributed by atoms with van der Waals surface area (Å²) in [6.45, 7) is 5.66. The lowest BCUT2D eigenvalue weighted by molar-refractivity contribution is -0.00541. The van der Waals surface area contributed by atoms with Crippen LogP contribution in [0.25, 0.3) is 9.75 Å². The Balaban J connectivity index is 1.48. The number of phenolic OH excluding ortho intramolecular Hbond substituents is 1. The Bertz CT molecular complexity index is 2020. The Morgan fingerprint density at radius 1 is 1.12 bits per heavy atom. The molecular formula is C45H58N4O5S2. The van der Waals surface area contributed by atoms with Crippen molar-refractivity contribution in [3.8, 4) is 39.2 Å². The molecule has 0 amide bonds. The fourth-order valence-corrected chi connectivity index (χ4v) is 12.1. The van der Waals surface area contributed by atoms with Crippen LogP contribution in [0.4, 0.5) is 5.69 Å². The second-order valence-corrected chi connectivity index (χ2v) is 18.5. The summed E-state index contributed by atoms with van der Waals surface area (Å²) in [5.41, 5.74) is 7.79. The number of rotatable bonds is 13. The van der Waals surface area contributed by atoms with E-state index < -0.39 is 23.0 Å². The summed E-state index contributed by atoms with van der Waals surface area (Å²) in [6, 6.07) is 11.4. The van der Waals surface area contributed by atoms with Gasteiger partial charge in [0.1, 0.15) is 5.75 Å². The van der Waals surface area contributed by atoms with Crippen LogP contribution in [0.1, 0.15) is 111 Å². The van der Waals surface area contributed by atoms with Crippen molar-refractivity contribution < 1.29 is 25.2 Å². The number of phenols is 1. The number of carbonyl (C=O) groups is 1. The molecule has 2 aromatic heterocycles. The Morgan fingerprint density at radius 3 is 2.64 bits per heavy atom. The summed E-state index contributed by atoms with van der Waals surface area (Å²) in [4.78, 5) is 23.2. The number of aromatic hydroxyl groups is 1. The smallest absolute Gasteiger partial charge is 0.188 e. The van der Waals surface area contributed by atoms with Crippen LogP contribution in [0.2, 0.25) is 0 Å². The van der Waals surface area contributed by atoms with E-state index in [2.05, 4.69) is 58.4 Å². The molecule has 8 atom stereocenters. The molecule has 0 unspecified atom stereocenters. The van der Waals surface area contributed by atoms with Crippen molar-refractivity contribution in [3.05, 3.63) is 57.3 Å². The van der Waals surface area contributed by atoms with Crippen molar-refractivity contribution in [3.63, 3.8) is 0 Å². The zero-order valence-corrected chi connectivity index (χ0v) is 34.8. The van der Waals surface area contributed by atoms with Gasteiger partial charge in [-0.2, -0.15) is 0 Å². The molecule has 2 heterocycles. The largest absolute Gasteiger partial charge is 0.508 e. The third-order valence-corrected chi connectivity index (χ3v) is 14.9. The van der Waals surface area contributed by atoms with Crippen molar-refractivity contribution in [1.29, 1.82) is 0 Å². The number of nitrogens with zero attached hydrogens (tertiary/aromatic N) is 1. The number of carbonyl (C=O) groups excluding carboxylic acids is 1. The molecule has 0 saturated heterocycles. The molecule has 3 aliphatic carbocycles. The van der Waals surface area contributed by atoms with E-state index >= 15 is 4.79 Å². The molecule has 2 saturated carbocycles. The van der Waals surface area contributed by atoms with Crippen LogP contribution < -0.4 is 16.4 Å². The van der Waals surface area contributed by atoms with E-state index in [0.29, 0.717) is 37.3 Å². The summed E-state index contributed by atoms with van der Waals surface area (Å²) < 4.78 is 0. The van der Waals surface area contributed by atoms with Crippen molar-refractivity contribution in [1.82, 2.24) is 5.32 Å². The average Bonchev–Trinajstić information content (AvgIpc) is 3.93. The lowest BCUT2D eigenvalue weighted by Crippen LogP contribution is -2.50. The molecular weight excluding hydrogens is 741 g/mol. The first-order chi connectivity index (χ1) is 26.9. The van der Waals surface area contributed by atoms with E-state index in [0.717, 1.165) is 75.6 Å². The molecule has 8 N–H and O–H groups in total. The van der Waals surface area contributed by atoms with Gasteiger partial charge in [-0.3, -0.25) is 9.79 Å². The van der Waals surface area contributed by atoms with Gasteiger partial charge in [0.05, 0.1) is 39.8 Å². The predicted molar refractivity (Wildman–Crippen MR) is 228 cm³/mol. The summed E-state index contributed by atoms with van der Waals surface area (Å²) >= 11 is 3.18. The van der Waals surface area contributed by atoms with Gasteiger partial charge >= 0.3 is 0 Å². The topological polar surface area (TPSA) is 160 Å². The molecule has 0 radical (unpaired) electrons. The van der Waals surface area contributed by atoms with Crippen LogP contribution >= 0.6 is 22.7 Å². The van der Waals surface area contributed by atoms with Gasteiger partial charge in [0.25, 0.3) is 0 Å². The highest BCUT2D eigenvalue weighted by Gasteiger charge is 2.61. The number of ketones is 1. The Morgan fingerprint density at radius 2 is 1.91 bits per heavy atom. The van der Waals surface area contributed by atoms with Crippen LogP contribution in [0.15, 0.2) is 41.4 Å².